The van der Waals surface area contributed by atoms with E-state index in [1.807, 2.05) is 17.0 Å². The molecule has 1 amide bonds. The van der Waals surface area contributed by atoms with Crippen molar-refractivity contribution < 1.29 is 32.3 Å². The van der Waals surface area contributed by atoms with Crippen LogP contribution in [0.25, 0.3) is 0 Å². The summed E-state index contributed by atoms with van der Waals surface area (Å²) in [7, 11) is 1.36. The van der Waals surface area contributed by atoms with Crippen LogP contribution in [0.15, 0.2) is 46.2 Å². The lowest BCUT2D eigenvalue weighted by Crippen LogP contribution is -2.61. The molecule has 0 N–H and O–H groups in total. The number of methoxy groups -OCH3 is 1. The number of furan rings is 1. The van der Waals surface area contributed by atoms with Gasteiger partial charge in [0.25, 0.3) is 5.91 Å². The molecule has 4 bridgehead atoms. The lowest BCUT2D eigenvalue weighted by atomic mass is 9.52. The number of rotatable bonds is 10. The summed E-state index contributed by atoms with van der Waals surface area (Å²) in [5.41, 5.74) is 0.420. The molecule has 188 valence electrons. The van der Waals surface area contributed by atoms with Gasteiger partial charge in [0.1, 0.15) is 5.76 Å². The number of nitrogens with zero attached hydrogens (tertiary/aromatic N) is 2. The highest BCUT2D eigenvalue weighted by atomic mass is 19.3. The Hall–Kier alpha value is -3.10. The third-order valence-corrected chi connectivity index (χ3v) is 7.64. The number of hydrogen-bond donors (Lipinski definition) is 0. The standard InChI is InChI=1S/C26H30F2N2O5/c1-32-23-10-17(4-5-22(23)35-25(27)28)14-29-34-16-24(31)30(15-21-3-2-6-33-21)26-11-18-7-19(12-26)9-20(8-18)13-26/h2-6,10,14,18-20,25H,7-9,11-13,15-16H2,1H3/b29-14+. The molecule has 2 aromatic rings. The van der Waals surface area contributed by atoms with Crippen molar-refractivity contribution in [3.05, 3.63) is 47.9 Å². The monoisotopic (exact) mass is 488 g/mol. The summed E-state index contributed by atoms with van der Waals surface area (Å²) in [5, 5.41) is 3.93. The molecule has 6 rings (SSSR count). The number of ether oxygens (including phenoxy) is 2. The van der Waals surface area contributed by atoms with Crippen LogP contribution in [0, 0.1) is 17.8 Å². The molecule has 1 aromatic heterocycles. The van der Waals surface area contributed by atoms with Crippen molar-refractivity contribution in [1.29, 1.82) is 0 Å². The molecule has 4 saturated carbocycles. The highest BCUT2D eigenvalue weighted by molar-refractivity contribution is 5.81. The first-order valence-electron chi connectivity index (χ1n) is 12.0. The molecular weight excluding hydrogens is 458 g/mol. The zero-order valence-electron chi connectivity index (χ0n) is 19.7. The normalized spacial score (nSPS) is 26.9. The van der Waals surface area contributed by atoms with Gasteiger partial charge in [0.2, 0.25) is 0 Å². The van der Waals surface area contributed by atoms with E-state index >= 15 is 0 Å². The maximum Gasteiger partial charge on any atom is 0.387 e. The second-order valence-corrected chi connectivity index (χ2v) is 10.00. The van der Waals surface area contributed by atoms with Crippen molar-refractivity contribution in [2.45, 2.75) is 57.2 Å². The van der Waals surface area contributed by atoms with Gasteiger partial charge in [-0.05, 0) is 86.6 Å². The summed E-state index contributed by atoms with van der Waals surface area (Å²) < 4.78 is 40.1. The van der Waals surface area contributed by atoms with Crippen molar-refractivity contribution in [1.82, 2.24) is 4.90 Å². The van der Waals surface area contributed by atoms with Gasteiger partial charge in [0.05, 0.1) is 26.1 Å². The molecule has 0 unspecified atom stereocenters. The molecule has 0 saturated heterocycles. The van der Waals surface area contributed by atoms with Gasteiger partial charge in [-0.25, -0.2) is 0 Å². The molecule has 4 aliphatic carbocycles. The van der Waals surface area contributed by atoms with Crippen LogP contribution in [0.4, 0.5) is 8.78 Å². The molecule has 4 aliphatic rings. The molecule has 0 spiro atoms. The van der Waals surface area contributed by atoms with Crippen LogP contribution in [0.5, 0.6) is 11.5 Å². The minimum Gasteiger partial charge on any atom is -0.493 e. The quantitative estimate of drug-likeness (QED) is 0.338. The molecule has 7 nitrogen and oxygen atoms in total. The Kier molecular flexibility index (Phi) is 6.67. The van der Waals surface area contributed by atoms with E-state index in [-0.39, 0.29) is 29.6 Å². The van der Waals surface area contributed by atoms with Crippen molar-refractivity contribution in [2.75, 3.05) is 13.7 Å². The van der Waals surface area contributed by atoms with E-state index in [0.717, 1.165) is 25.0 Å². The van der Waals surface area contributed by atoms with Crippen LogP contribution < -0.4 is 9.47 Å². The predicted molar refractivity (Wildman–Crippen MR) is 123 cm³/mol. The Morgan fingerprint density at radius 3 is 2.49 bits per heavy atom. The van der Waals surface area contributed by atoms with Crippen molar-refractivity contribution in [2.24, 2.45) is 22.9 Å². The molecule has 4 fully saturated rings. The highest BCUT2D eigenvalue weighted by Crippen LogP contribution is 2.58. The predicted octanol–water partition coefficient (Wildman–Crippen LogP) is 5.24. The van der Waals surface area contributed by atoms with E-state index in [0.29, 0.717) is 29.9 Å². The topological polar surface area (TPSA) is 73.5 Å². The van der Waals surface area contributed by atoms with Crippen LogP contribution in [0.3, 0.4) is 0 Å². The van der Waals surface area contributed by atoms with Crippen LogP contribution in [0.1, 0.15) is 49.8 Å². The van der Waals surface area contributed by atoms with E-state index in [2.05, 4.69) is 9.89 Å². The van der Waals surface area contributed by atoms with Crippen LogP contribution in [-0.4, -0.2) is 42.9 Å². The van der Waals surface area contributed by atoms with Gasteiger partial charge in [-0.2, -0.15) is 8.78 Å². The Labute approximate surface area is 203 Å². The van der Waals surface area contributed by atoms with E-state index in [4.69, 9.17) is 14.0 Å². The van der Waals surface area contributed by atoms with E-state index in [1.54, 1.807) is 12.3 Å². The fourth-order valence-electron chi connectivity index (χ4n) is 6.70. The third kappa shape index (κ3) is 5.13. The highest BCUT2D eigenvalue weighted by Gasteiger charge is 2.54. The molecule has 0 atom stereocenters. The number of halogens is 2. The first kappa shape index (κ1) is 23.6. The minimum atomic E-state index is -2.95. The molecule has 9 heteroatoms. The number of oxime groups is 1. The van der Waals surface area contributed by atoms with Crippen LogP contribution in [-0.2, 0) is 16.2 Å². The van der Waals surface area contributed by atoms with Crippen molar-refractivity contribution >= 4 is 12.1 Å². The number of benzene rings is 1. The zero-order chi connectivity index (χ0) is 24.4. The number of hydrogen-bond acceptors (Lipinski definition) is 6. The van der Waals surface area contributed by atoms with Crippen molar-refractivity contribution in [3.8, 4) is 11.5 Å². The summed E-state index contributed by atoms with van der Waals surface area (Å²) in [4.78, 5) is 20.8. The molecule has 0 aliphatic heterocycles. The molecule has 1 aromatic carbocycles. The summed E-state index contributed by atoms with van der Waals surface area (Å²) >= 11 is 0. The number of carbonyl (C=O) groups is 1. The Morgan fingerprint density at radius 1 is 1.17 bits per heavy atom. The lowest BCUT2D eigenvalue weighted by Gasteiger charge is -2.60. The largest absolute Gasteiger partial charge is 0.493 e. The maximum absolute atomic E-state index is 13.4. The molecule has 1 heterocycles. The first-order valence-corrected chi connectivity index (χ1v) is 12.0. The summed E-state index contributed by atoms with van der Waals surface area (Å²) in [6.07, 6.45) is 10.0. The molecular formula is C26H30F2N2O5. The SMILES string of the molecule is COc1cc(/C=N/OCC(=O)N(Cc2ccco2)C23CC4CC(CC(C4)C2)C3)ccc1OC(F)F. The fourth-order valence-corrected chi connectivity index (χ4v) is 6.70. The third-order valence-electron chi connectivity index (χ3n) is 7.64. The fraction of sp³-hybridized carbons (Fsp3) is 0.538. The van der Waals surface area contributed by atoms with E-state index < -0.39 is 6.61 Å². The lowest BCUT2D eigenvalue weighted by molar-refractivity contribution is -0.157. The van der Waals surface area contributed by atoms with Gasteiger partial charge in [-0.1, -0.05) is 5.16 Å². The number of alkyl halides is 2. The average molecular weight is 489 g/mol. The molecule has 35 heavy (non-hydrogen) atoms. The Morgan fingerprint density at radius 2 is 1.89 bits per heavy atom. The summed E-state index contributed by atoms with van der Waals surface area (Å²) in [5.74, 6) is 2.81. The van der Waals surface area contributed by atoms with Gasteiger partial charge in [0, 0.05) is 11.1 Å². The second-order valence-electron chi connectivity index (χ2n) is 10.00. The van der Waals surface area contributed by atoms with E-state index in [9.17, 15) is 13.6 Å². The van der Waals surface area contributed by atoms with Gasteiger partial charge in [-0.3, -0.25) is 4.79 Å². The van der Waals surface area contributed by atoms with Gasteiger partial charge < -0.3 is 23.6 Å². The van der Waals surface area contributed by atoms with Crippen molar-refractivity contribution in [3.63, 3.8) is 0 Å². The average Bonchev–Trinajstić information content (AvgIpc) is 3.33. The summed E-state index contributed by atoms with van der Waals surface area (Å²) in [6, 6.07) is 8.16. The van der Waals surface area contributed by atoms with Crippen LogP contribution in [0.2, 0.25) is 0 Å². The Balaban J connectivity index is 1.26. The second kappa shape index (κ2) is 9.87. The number of amides is 1. The smallest absolute Gasteiger partial charge is 0.387 e. The maximum atomic E-state index is 13.4. The van der Waals surface area contributed by atoms with Gasteiger partial charge >= 0.3 is 6.61 Å². The van der Waals surface area contributed by atoms with Crippen LogP contribution >= 0.6 is 0 Å². The number of carbonyl (C=O) groups excluding carboxylic acids is 1. The summed E-state index contributed by atoms with van der Waals surface area (Å²) in [6.45, 7) is -2.72. The van der Waals surface area contributed by atoms with Gasteiger partial charge in [-0.15, -0.1) is 0 Å². The van der Waals surface area contributed by atoms with Gasteiger partial charge in [0.15, 0.2) is 18.1 Å². The Bertz CT molecular complexity index is 1020. The zero-order valence-corrected chi connectivity index (χ0v) is 19.7. The van der Waals surface area contributed by atoms with E-state index in [1.165, 1.54) is 44.7 Å². The molecule has 0 radical (unpaired) electrons. The first-order chi connectivity index (χ1) is 16.9. The minimum absolute atomic E-state index is 0.0695.